The molecule has 332 valence electrons. The number of carbonyl (C=O) groups excluding carboxylic acids is 5. The second-order valence-corrected chi connectivity index (χ2v) is 16.0. The van der Waals surface area contributed by atoms with Crippen LogP contribution in [0.4, 0.5) is 29.7 Å². The zero-order valence-electron chi connectivity index (χ0n) is 33.1. The minimum absolute atomic E-state index is 0. The zero-order chi connectivity index (χ0) is 44.2. The molecule has 2 aliphatic carbocycles. The summed E-state index contributed by atoms with van der Waals surface area (Å²) in [5.41, 5.74) is 8.57. The van der Waals surface area contributed by atoms with Crippen molar-refractivity contribution in [2.24, 2.45) is 0 Å². The molecule has 0 aromatic heterocycles. The third-order valence-electron chi connectivity index (χ3n) is 8.26. The summed E-state index contributed by atoms with van der Waals surface area (Å²) in [6, 6.07) is 19.7. The lowest BCUT2D eigenvalue weighted by atomic mass is 10.0. The number of nitrogens with one attached hydrogen (secondary N) is 3. The van der Waals surface area contributed by atoms with E-state index >= 15 is 0 Å². The number of ether oxygens (including phenoxy) is 2. The van der Waals surface area contributed by atoms with Gasteiger partial charge in [0.15, 0.2) is 0 Å². The first-order valence-electron chi connectivity index (χ1n) is 18.0. The van der Waals surface area contributed by atoms with Crippen molar-refractivity contribution < 1.29 is 52.4 Å². The summed E-state index contributed by atoms with van der Waals surface area (Å²) in [7, 11) is 0. The first-order chi connectivity index (χ1) is 27.5. The molecule has 0 saturated carbocycles. The molecule has 17 heteroatoms. The number of nitrogens with two attached hydrogens (primary N) is 1. The van der Waals surface area contributed by atoms with Crippen molar-refractivity contribution in [1.29, 1.82) is 0 Å². The van der Waals surface area contributed by atoms with Crippen molar-refractivity contribution in [2.75, 3.05) is 11.1 Å². The van der Waals surface area contributed by atoms with Gasteiger partial charge >= 0.3 is 18.3 Å². The van der Waals surface area contributed by atoms with Crippen LogP contribution >= 0.6 is 23.2 Å². The topological polar surface area (TPSA) is 206 Å². The number of rotatable bonds is 4. The first kappa shape index (κ1) is 53.4. The smallest absolute Gasteiger partial charge is 0.408 e. The first-order valence-corrected chi connectivity index (χ1v) is 18.8. The Morgan fingerprint density at radius 2 is 1.20 bits per heavy atom. The number of halogens is 4. The summed E-state index contributed by atoms with van der Waals surface area (Å²) in [6.45, 7) is 10.7. The van der Waals surface area contributed by atoms with Crippen LogP contribution < -0.4 is 21.7 Å². The predicted molar refractivity (Wildman–Crippen MR) is 230 cm³/mol. The van der Waals surface area contributed by atoms with Gasteiger partial charge in [-0.05, 0) is 106 Å². The highest BCUT2D eigenvalue weighted by Gasteiger charge is 2.36. The lowest BCUT2D eigenvalue weighted by Crippen LogP contribution is -2.38. The molecule has 7 N–H and O–H groups in total. The number of hydrogen-bond acceptors (Lipinski definition) is 10. The Morgan fingerprint density at radius 3 is 1.70 bits per heavy atom. The number of alkyl carbamates (subject to hydrolysis) is 2. The molecule has 0 bridgehead atoms. The van der Waals surface area contributed by atoms with E-state index in [1.165, 1.54) is 30.3 Å². The van der Waals surface area contributed by atoms with Gasteiger partial charge in [0.05, 0.1) is 34.3 Å². The highest BCUT2D eigenvalue weighted by Crippen LogP contribution is 2.35. The average molecular weight is 892 g/mol. The predicted octanol–water partition coefficient (Wildman–Crippen LogP) is 9.13. The Morgan fingerprint density at radius 1 is 0.721 bits per heavy atom. The summed E-state index contributed by atoms with van der Waals surface area (Å²) in [6.07, 6.45) is -1.62. The number of amides is 3. The van der Waals surface area contributed by atoms with Crippen LogP contribution in [0.25, 0.3) is 0 Å². The van der Waals surface area contributed by atoms with Crippen LogP contribution in [-0.2, 0) is 31.9 Å². The second kappa shape index (κ2) is 23.4. The molecular formula is C44H54Cl2F2N4O9. The molecule has 13 nitrogen and oxygen atoms in total. The van der Waals surface area contributed by atoms with E-state index in [0.717, 1.165) is 17.2 Å². The molecule has 4 aromatic rings. The fourth-order valence-corrected chi connectivity index (χ4v) is 6.32. The maximum absolute atomic E-state index is 13.3. The molecule has 0 unspecified atom stereocenters. The molecule has 0 radical (unpaired) electrons. The minimum Gasteiger partial charge on any atom is -0.444 e. The Balaban J connectivity index is 0.000000494. The van der Waals surface area contributed by atoms with E-state index in [1.807, 2.05) is 45.0 Å². The summed E-state index contributed by atoms with van der Waals surface area (Å²) in [5.74, 6) is -1.44. The molecule has 6 rings (SSSR count). The number of nitrogen functional groups attached to an aromatic ring is 1. The third kappa shape index (κ3) is 16.4. The van der Waals surface area contributed by atoms with Gasteiger partial charge in [-0.1, -0.05) is 74.5 Å². The van der Waals surface area contributed by atoms with Crippen LogP contribution in [0.5, 0.6) is 0 Å². The van der Waals surface area contributed by atoms with Crippen LogP contribution in [-0.4, -0.2) is 57.9 Å². The van der Waals surface area contributed by atoms with Crippen molar-refractivity contribution in [1.82, 2.24) is 10.6 Å². The van der Waals surface area contributed by atoms with Crippen molar-refractivity contribution in [3.8, 4) is 0 Å². The lowest BCUT2D eigenvalue weighted by molar-refractivity contribution is -0.191. The largest absolute Gasteiger partial charge is 0.444 e. The van der Waals surface area contributed by atoms with Crippen molar-refractivity contribution >= 4 is 58.8 Å². The number of benzene rings is 4. The highest BCUT2D eigenvalue weighted by atomic mass is 35.5. The molecule has 4 aromatic carbocycles. The summed E-state index contributed by atoms with van der Waals surface area (Å²) in [5, 5.41) is 28.5. The number of fused-ring (bicyclic) bond motifs is 2. The van der Waals surface area contributed by atoms with E-state index in [9.17, 15) is 33.4 Å². The molecule has 0 aliphatic heterocycles. The molecule has 61 heavy (non-hydrogen) atoms. The number of anilines is 2. The number of carbonyl (C=O) groups is 3. The van der Waals surface area contributed by atoms with Gasteiger partial charge in [0.1, 0.15) is 22.8 Å². The molecule has 0 saturated heterocycles. The average Bonchev–Trinajstić information content (AvgIpc) is 3.61. The Hall–Kier alpha value is -5.57. The third-order valence-corrected chi connectivity index (χ3v) is 8.84. The van der Waals surface area contributed by atoms with Gasteiger partial charge in [0, 0.05) is 29.8 Å². The van der Waals surface area contributed by atoms with Gasteiger partial charge in [-0.25, -0.2) is 18.4 Å². The van der Waals surface area contributed by atoms with E-state index in [4.69, 9.17) is 48.0 Å². The highest BCUT2D eigenvalue weighted by molar-refractivity contribution is 6.31. The molecule has 0 fully saturated rings. The van der Waals surface area contributed by atoms with E-state index in [1.54, 1.807) is 39.0 Å². The van der Waals surface area contributed by atoms with Crippen molar-refractivity contribution in [3.05, 3.63) is 128 Å². The molecule has 0 spiro atoms. The van der Waals surface area contributed by atoms with Gasteiger partial charge in [0.2, 0.25) is 0 Å². The maximum Gasteiger partial charge on any atom is 0.408 e. The number of hydrogen-bond donors (Lipinski definition) is 6. The van der Waals surface area contributed by atoms with E-state index < -0.39 is 59.2 Å². The molecular weight excluding hydrogens is 837 g/mol. The van der Waals surface area contributed by atoms with Crippen molar-refractivity contribution in [3.63, 3.8) is 0 Å². The SMILES string of the molecule is C.C.CC(C)(C)OC(=O)N[C@@H]1c2cccc(C(=O)Nc3ccc(F)c(Cl)c3)c2C[C@H]1O.CC(C)(C)OC(=O)N[C@@H]1c2ccccc2C[C@H]1O.Nc1ccc(F)c(Cl)c1.O=C=O. The van der Waals surface area contributed by atoms with E-state index in [0.29, 0.717) is 34.5 Å². The van der Waals surface area contributed by atoms with Crippen molar-refractivity contribution in [2.45, 2.75) is 105 Å². The van der Waals surface area contributed by atoms with Gasteiger partial charge in [-0.3, -0.25) is 4.79 Å². The summed E-state index contributed by atoms with van der Waals surface area (Å²) >= 11 is 11.1. The van der Waals surface area contributed by atoms with Gasteiger partial charge in [-0.15, -0.1) is 0 Å². The van der Waals surface area contributed by atoms with E-state index in [2.05, 4.69) is 16.0 Å². The van der Waals surface area contributed by atoms with Gasteiger partial charge in [0.25, 0.3) is 5.91 Å². The van der Waals surface area contributed by atoms with Crippen LogP contribution in [0.1, 0.15) is 101 Å². The normalized spacial score (nSPS) is 16.8. The quantitative estimate of drug-likeness (QED) is 0.107. The summed E-state index contributed by atoms with van der Waals surface area (Å²) in [4.78, 5) is 52.8. The van der Waals surface area contributed by atoms with Crippen LogP contribution in [0, 0.1) is 11.6 Å². The van der Waals surface area contributed by atoms with Gasteiger partial charge < -0.3 is 41.4 Å². The Bertz CT molecular complexity index is 2160. The van der Waals surface area contributed by atoms with Crippen LogP contribution in [0.2, 0.25) is 10.0 Å². The standard InChI is InChI=1S/C21H22ClFN2O4.C14H19NO3.C6H5ClFN.CO2.2CH4/c1-21(2,3)29-20(28)25-18-12-5-4-6-13(14(12)10-17(18)26)19(27)24-11-7-8-16(23)15(22)9-11;1-14(2,3)18-13(17)15-12-10-7-5-4-6-9(10)8-11(12)16;7-5-3-4(9)1-2-6(5)8;2-1-3;;/h4-9,17-18,26H,10H2,1-3H3,(H,24,27)(H,25,28);4-7,11-12,16H,8H2,1-3H3,(H,15,17);1-3H,9H2;;2*1H4/t17-,18-;11-,12-;;;;/m11..../s1. The molecule has 0 heterocycles. The Kier molecular flexibility index (Phi) is 20.5. The monoisotopic (exact) mass is 890 g/mol. The number of aliphatic hydroxyl groups excluding tert-OH is 2. The van der Waals surface area contributed by atoms with E-state index in [-0.39, 0.29) is 43.5 Å². The van der Waals surface area contributed by atoms with Crippen LogP contribution in [0.3, 0.4) is 0 Å². The molecule has 4 atom stereocenters. The second-order valence-electron chi connectivity index (χ2n) is 15.2. The van der Waals surface area contributed by atoms with Gasteiger partial charge in [-0.2, -0.15) is 9.59 Å². The molecule has 2 aliphatic rings. The fourth-order valence-electron chi connectivity index (χ4n) is 5.95. The lowest BCUT2D eigenvalue weighted by Gasteiger charge is -2.23. The molecule has 3 amide bonds. The number of aliphatic hydroxyl groups is 2. The van der Waals surface area contributed by atoms with Crippen LogP contribution in [0.15, 0.2) is 78.9 Å². The fraction of sp³-hybridized carbons (Fsp3) is 0.364. The maximum atomic E-state index is 13.3. The minimum atomic E-state index is -0.897. The zero-order valence-corrected chi connectivity index (χ0v) is 34.6. The summed E-state index contributed by atoms with van der Waals surface area (Å²) < 4.78 is 36.1. The Labute approximate surface area is 364 Å².